The highest BCUT2D eigenvalue weighted by atomic mass is 79.9. The second-order valence-electron chi connectivity index (χ2n) is 9.29. The number of carbonyl (C=O) groups is 2. The number of nitrogens with zero attached hydrogens (tertiary/aromatic N) is 3. The summed E-state index contributed by atoms with van der Waals surface area (Å²) in [7, 11) is 0. The molecule has 0 radical (unpaired) electrons. The average molecular weight is 530 g/mol. The van der Waals surface area contributed by atoms with E-state index in [1.807, 2.05) is 12.3 Å². The molecule has 2 amide bonds. The Bertz CT molecular complexity index is 1210. The number of hydrogen-bond acceptors (Lipinski definition) is 7. The third kappa shape index (κ3) is 4.93. The van der Waals surface area contributed by atoms with Gasteiger partial charge < -0.3 is 31.0 Å². The van der Waals surface area contributed by atoms with Crippen molar-refractivity contribution in [3.8, 4) is 0 Å². The molecular formula is C23H28BrN7O3. The van der Waals surface area contributed by atoms with Crippen LogP contribution in [0.15, 0.2) is 41.3 Å². The molecule has 0 bridgehead atoms. The van der Waals surface area contributed by atoms with Gasteiger partial charge in [0.25, 0.3) is 0 Å². The zero-order valence-corrected chi connectivity index (χ0v) is 20.9. The van der Waals surface area contributed by atoms with Crippen LogP contribution in [0.4, 0.5) is 22.0 Å². The van der Waals surface area contributed by atoms with Crippen molar-refractivity contribution < 1.29 is 14.3 Å². The highest BCUT2D eigenvalue weighted by molar-refractivity contribution is 9.10. The Morgan fingerprint density at radius 2 is 1.94 bits per heavy atom. The van der Waals surface area contributed by atoms with Gasteiger partial charge in [0, 0.05) is 23.8 Å². The second-order valence-corrected chi connectivity index (χ2v) is 10.1. The topological polar surface area (TPSA) is 138 Å². The summed E-state index contributed by atoms with van der Waals surface area (Å²) in [6, 6.07) is 7.22. The smallest absolute Gasteiger partial charge is 0.408 e. The number of piperidine rings is 1. The number of ether oxygens (including phenoxy) is 1. The number of carbonyl (C=O) groups excluding carboxylic acids is 2. The maximum atomic E-state index is 13.6. The van der Waals surface area contributed by atoms with E-state index in [4.69, 9.17) is 10.5 Å². The predicted octanol–water partition coefficient (Wildman–Crippen LogP) is 3.81. The van der Waals surface area contributed by atoms with Gasteiger partial charge in [-0.2, -0.15) is 0 Å². The third-order valence-electron chi connectivity index (χ3n) is 5.73. The van der Waals surface area contributed by atoms with E-state index in [0.29, 0.717) is 41.8 Å². The molecule has 0 unspecified atom stereocenters. The quantitative estimate of drug-likeness (QED) is 0.377. The SMILES string of the molecule is CC(C)(C)OC(=O)NC1(C(=O)Nc2cccc(Br)c2N)CCN(c2ncnc3[nH]ccc23)CC1. The molecule has 0 saturated carbocycles. The molecule has 0 aliphatic carbocycles. The van der Waals surface area contributed by atoms with Crippen molar-refractivity contribution in [2.24, 2.45) is 0 Å². The fraction of sp³-hybridized carbons (Fsp3) is 0.391. The number of halogens is 1. The fourth-order valence-corrected chi connectivity index (χ4v) is 4.37. The molecule has 4 rings (SSSR count). The number of fused-ring (bicyclic) bond motifs is 1. The Morgan fingerprint density at radius 3 is 2.65 bits per heavy atom. The van der Waals surface area contributed by atoms with Gasteiger partial charge in [0.1, 0.15) is 28.9 Å². The number of amides is 2. The molecular weight excluding hydrogens is 502 g/mol. The van der Waals surface area contributed by atoms with Gasteiger partial charge in [0.05, 0.1) is 16.8 Å². The van der Waals surface area contributed by atoms with Crippen molar-refractivity contribution in [2.45, 2.75) is 44.8 Å². The Hall–Kier alpha value is -3.34. The molecule has 1 fully saturated rings. The zero-order chi connectivity index (χ0) is 24.5. The van der Waals surface area contributed by atoms with Crippen LogP contribution in [0.5, 0.6) is 0 Å². The van der Waals surface area contributed by atoms with E-state index in [0.717, 1.165) is 16.9 Å². The predicted molar refractivity (Wildman–Crippen MR) is 135 cm³/mol. The summed E-state index contributed by atoms with van der Waals surface area (Å²) in [5.41, 5.74) is 5.88. The van der Waals surface area contributed by atoms with Crippen LogP contribution in [0.3, 0.4) is 0 Å². The number of aromatic amines is 1. The summed E-state index contributed by atoms with van der Waals surface area (Å²) >= 11 is 3.38. The molecule has 0 atom stereocenters. The van der Waals surface area contributed by atoms with E-state index in [9.17, 15) is 9.59 Å². The van der Waals surface area contributed by atoms with E-state index >= 15 is 0 Å². The fourth-order valence-electron chi connectivity index (χ4n) is 4.01. The van der Waals surface area contributed by atoms with Crippen molar-refractivity contribution in [1.29, 1.82) is 0 Å². The van der Waals surface area contributed by atoms with Crippen LogP contribution in [0, 0.1) is 0 Å². The lowest BCUT2D eigenvalue weighted by Crippen LogP contribution is -2.62. The van der Waals surface area contributed by atoms with Gasteiger partial charge in [-0.15, -0.1) is 0 Å². The van der Waals surface area contributed by atoms with Gasteiger partial charge in [-0.25, -0.2) is 14.8 Å². The van der Waals surface area contributed by atoms with E-state index in [1.165, 1.54) is 6.33 Å². The number of anilines is 3. The maximum absolute atomic E-state index is 13.6. The van der Waals surface area contributed by atoms with E-state index in [-0.39, 0.29) is 5.91 Å². The summed E-state index contributed by atoms with van der Waals surface area (Å²) in [4.78, 5) is 40.2. The molecule has 1 aliphatic rings. The van der Waals surface area contributed by atoms with Crippen LogP contribution in [0.1, 0.15) is 33.6 Å². The molecule has 1 saturated heterocycles. The lowest BCUT2D eigenvalue weighted by Gasteiger charge is -2.41. The Labute approximate surface area is 205 Å². The number of hydrogen-bond donors (Lipinski definition) is 4. The van der Waals surface area contributed by atoms with Crippen molar-refractivity contribution in [3.05, 3.63) is 41.3 Å². The molecule has 0 spiro atoms. The van der Waals surface area contributed by atoms with Crippen LogP contribution in [0.2, 0.25) is 0 Å². The first-order valence-corrected chi connectivity index (χ1v) is 11.8. The summed E-state index contributed by atoms with van der Waals surface area (Å²) in [5.74, 6) is 0.436. The van der Waals surface area contributed by atoms with Crippen molar-refractivity contribution in [2.75, 3.05) is 29.0 Å². The van der Waals surface area contributed by atoms with Crippen molar-refractivity contribution >= 4 is 56.2 Å². The number of para-hydroxylation sites is 1. The summed E-state index contributed by atoms with van der Waals surface area (Å²) in [6.07, 6.45) is 3.38. The van der Waals surface area contributed by atoms with E-state index in [1.54, 1.807) is 39.0 Å². The molecule has 5 N–H and O–H groups in total. The molecule has 3 aromatic rings. The number of nitrogens with one attached hydrogen (secondary N) is 3. The monoisotopic (exact) mass is 529 g/mol. The molecule has 11 heteroatoms. The summed E-state index contributed by atoms with van der Waals surface area (Å²) < 4.78 is 6.14. The van der Waals surface area contributed by atoms with Crippen LogP contribution in [-0.4, -0.2) is 51.2 Å². The number of nitrogens with two attached hydrogens (primary N) is 1. The number of alkyl carbamates (subject to hydrolysis) is 1. The molecule has 1 aliphatic heterocycles. The maximum Gasteiger partial charge on any atom is 0.408 e. The average Bonchev–Trinajstić information content (AvgIpc) is 3.25. The second kappa shape index (κ2) is 9.13. The molecule has 2 aromatic heterocycles. The largest absolute Gasteiger partial charge is 0.444 e. The molecule has 180 valence electrons. The number of benzene rings is 1. The first kappa shape index (κ1) is 23.8. The first-order valence-electron chi connectivity index (χ1n) is 11.0. The minimum atomic E-state index is -1.18. The number of nitrogen functional groups attached to an aromatic ring is 1. The van der Waals surface area contributed by atoms with Crippen LogP contribution in [0.25, 0.3) is 11.0 Å². The summed E-state index contributed by atoms with van der Waals surface area (Å²) in [5, 5.41) is 6.66. The lowest BCUT2D eigenvalue weighted by atomic mass is 9.86. The number of rotatable bonds is 4. The highest BCUT2D eigenvalue weighted by Crippen LogP contribution is 2.32. The molecule has 3 heterocycles. The summed E-state index contributed by atoms with van der Waals surface area (Å²) in [6.45, 7) is 6.33. The highest BCUT2D eigenvalue weighted by Gasteiger charge is 2.44. The van der Waals surface area contributed by atoms with Crippen molar-refractivity contribution in [3.63, 3.8) is 0 Å². The van der Waals surface area contributed by atoms with Gasteiger partial charge in [0.15, 0.2) is 0 Å². The van der Waals surface area contributed by atoms with E-state index < -0.39 is 17.2 Å². The normalized spacial score (nSPS) is 15.7. The number of H-pyrrole nitrogens is 1. The Kier molecular flexibility index (Phi) is 6.39. The molecule has 34 heavy (non-hydrogen) atoms. The zero-order valence-electron chi connectivity index (χ0n) is 19.3. The first-order chi connectivity index (χ1) is 16.1. The lowest BCUT2D eigenvalue weighted by molar-refractivity contribution is -0.123. The molecule has 1 aromatic carbocycles. The van der Waals surface area contributed by atoms with E-state index in [2.05, 4.69) is 46.4 Å². The van der Waals surface area contributed by atoms with Gasteiger partial charge >= 0.3 is 6.09 Å². The Morgan fingerprint density at radius 1 is 1.21 bits per heavy atom. The minimum Gasteiger partial charge on any atom is -0.444 e. The van der Waals surface area contributed by atoms with Crippen LogP contribution >= 0.6 is 15.9 Å². The minimum absolute atomic E-state index is 0.349. The van der Waals surface area contributed by atoms with Gasteiger partial charge in [0.2, 0.25) is 5.91 Å². The van der Waals surface area contributed by atoms with Gasteiger partial charge in [-0.1, -0.05) is 6.07 Å². The molecule has 10 nitrogen and oxygen atoms in total. The van der Waals surface area contributed by atoms with Gasteiger partial charge in [-0.3, -0.25) is 4.79 Å². The standard InChI is InChI=1S/C23H28BrN7O3/c1-22(2,3)34-21(33)30-23(20(32)29-16-6-4-5-15(24)17(16)25)8-11-31(12-9-23)19-14-7-10-26-18(14)27-13-28-19/h4-7,10,13H,8-9,11-12,25H2,1-3H3,(H,29,32)(H,30,33)(H,26,27,28). The Balaban J connectivity index is 1.58. The van der Waals surface area contributed by atoms with Crippen LogP contribution in [-0.2, 0) is 9.53 Å². The third-order valence-corrected chi connectivity index (χ3v) is 6.42. The van der Waals surface area contributed by atoms with Gasteiger partial charge in [-0.05, 0) is 67.7 Å². The van der Waals surface area contributed by atoms with Crippen LogP contribution < -0.4 is 21.3 Å². The number of aromatic nitrogens is 3. The van der Waals surface area contributed by atoms with Crippen molar-refractivity contribution in [1.82, 2.24) is 20.3 Å².